The number of aliphatic hydroxyl groups is 1. The Balaban J connectivity index is 1.96. The van der Waals surface area contributed by atoms with Crippen molar-refractivity contribution in [2.45, 2.75) is 32.3 Å². The minimum atomic E-state index is -1.34. The summed E-state index contributed by atoms with van der Waals surface area (Å²) >= 11 is 0. The van der Waals surface area contributed by atoms with Gasteiger partial charge in [-0.3, -0.25) is 4.79 Å². The molecule has 0 radical (unpaired) electrons. The Labute approximate surface area is 171 Å². The molecule has 29 heavy (non-hydrogen) atoms. The first-order valence-electron chi connectivity index (χ1n) is 9.49. The lowest BCUT2D eigenvalue weighted by Gasteiger charge is -2.22. The molecule has 0 aliphatic carbocycles. The lowest BCUT2D eigenvalue weighted by molar-refractivity contribution is -0.124. The lowest BCUT2D eigenvalue weighted by atomic mass is 9.87. The molecule has 0 aromatic heterocycles. The predicted molar refractivity (Wildman–Crippen MR) is 116 cm³/mol. The lowest BCUT2D eigenvalue weighted by Crippen LogP contribution is -2.22. The molecule has 5 heteroatoms. The number of hydrogen-bond donors (Lipinski definition) is 2. The second-order valence-corrected chi connectivity index (χ2v) is 7.96. The zero-order valence-corrected chi connectivity index (χ0v) is 17.4. The number of amides is 1. The first-order valence-corrected chi connectivity index (χ1v) is 9.49. The summed E-state index contributed by atoms with van der Waals surface area (Å²) in [6, 6.07) is 16.7. The summed E-state index contributed by atoms with van der Waals surface area (Å²) < 4.78 is 10.8. The second-order valence-electron chi connectivity index (χ2n) is 7.96. The molecular formula is C24H27NO4. The smallest absolute Gasteiger partial charge is 0.257 e. The molecule has 1 amide bonds. The summed E-state index contributed by atoms with van der Waals surface area (Å²) in [5.41, 5.74) is 2.01. The number of rotatable bonds is 5. The maximum Gasteiger partial charge on any atom is 0.257 e. The van der Waals surface area contributed by atoms with E-state index in [2.05, 4.69) is 26.1 Å². The van der Waals surface area contributed by atoms with Gasteiger partial charge in [0, 0.05) is 5.39 Å². The van der Waals surface area contributed by atoms with Gasteiger partial charge < -0.3 is 19.9 Å². The fourth-order valence-electron chi connectivity index (χ4n) is 3.33. The fourth-order valence-corrected chi connectivity index (χ4v) is 3.33. The Hall–Kier alpha value is -3.05. The summed E-state index contributed by atoms with van der Waals surface area (Å²) in [5.74, 6) is 0.708. The Bertz CT molecular complexity index is 1040. The molecule has 0 fully saturated rings. The molecule has 1 unspecified atom stereocenters. The van der Waals surface area contributed by atoms with Crippen molar-refractivity contribution < 1.29 is 19.4 Å². The van der Waals surface area contributed by atoms with Crippen LogP contribution < -0.4 is 14.8 Å². The third-order valence-corrected chi connectivity index (χ3v) is 5.00. The normalized spacial score (nSPS) is 12.5. The maximum absolute atomic E-state index is 12.9. The topological polar surface area (TPSA) is 67.8 Å². The van der Waals surface area contributed by atoms with Crippen LogP contribution in [0.4, 0.5) is 5.69 Å². The van der Waals surface area contributed by atoms with Gasteiger partial charge in [-0.15, -0.1) is 0 Å². The maximum atomic E-state index is 12.9. The van der Waals surface area contributed by atoms with Crippen molar-refractivity contribution in [3.05, 3.63) is 65.7 Å². The van der Waals surface area contributed by atoms with Gasteiger partial charge in [0.25, 0.3) is 5.91 Å². The van der Waals surface area contributed by atoms with Gasteiger partial charge in [-0.05, 0) is 40.1 Å². The first kappa shape index (κ1) is 20.7. The highest BCUT2D eigenvalue weighted by atomic mass is 16.5. The molecule has 3 aromatic rings. The average Bonchev–Trinajstić information content (AvgIpc) is 2.71. The van der Waals surface area contributed by atoms with E-state index in [9.17, 15) is 9.90 Å². The van der Waals surface area contributed by atoms with Gasteiger partial charge in [-0.2, -0.15) is 0 Å². The van der Waals surface area contributed by atoms with Crippen molar-refractivity contribution in [1.82, 2.24) is 0 Å². The number of aliphatic hydroxyl groups excluding tert-OH is 1. The molecule has 2 N–H and O–H groups in total. The monoisotopic (exact) mass is 393 g/mol. The number of methoxy groups -OCH3 is 2. The van der Waals surface area contributed by atoms with E-state index in [1.54, 1.807) is 26.4 Å². The van der Waals surface area contributed by atoms with Gasteiger partial charge in [0.15, 0.2) is 6.10 Å². The third kappa shape index (κ3) is 4.20. The highest BCUT2D eigenvalue weighted by Crippen LogP contribution is 2.34. The first-order chi connectivity index (χ1) is 13.8. The molecule has 0 spiro atoms. The molecule has 3 rings (SSSR count). The van der Waals surface area contributed by atoms with E-state index in [-0.39, 0.29) is 5.41 Å². The number of benzene rings is 3. The van der Waals surface area contributed by atoms with Crippen LogP contribution in [0.15, 0.2) is 54.6 Å². The Morgan fingerprint density at radius 2 is 1.55 bits per heavy atom. The van der Waals surface area contributed by atoms with Crippen LogP contribution >= 0.6 is 0 Å². The van der Waals surface area contributed by atoms with E-state index in [0.717, 1.165) is 16.3 Å². The summed E-state index contributed by atoms with van der Waals surface area (Å²) in [5, 5.41) is 15.2. The molecule has 0 saturated carbocycles. The average molecular weight is 393 g/mol. The van der Waals surface area contributed by atoms with Crippen molar-refractivity contribution in [2.24, 2.45) is 0 Å². The van der Waals surface area contributed by atoms with Crippen LogP contribution in [-0.4, -0.2) is 25.2 Å². The van der Waals surface area contributed by atoms with Gasteiger partial charge >= 0.3 is 0 Å². The third-order valence-electron chi connectivity index (χ3n) is 5.00. The molecule has 0 bridgehead atoms. The molecule has 0 saturated heterocycles. The van der Waals surface area contributed by atoms with Crippen LogP contribution in [0.3, 0.4) is 0 Å². The molecule has 0 heterocycles. The Morgan fingerprint density at radius 3 is 2.17 bits per heavy atom. The van der Waals surface area contributed by atoms with E-state index in [4.69, 9.17) is 9.47 Å². The van der Waals surface area contributed by atoms with E-state index in [1.165, 1.54) is 0 Å². The summed E-state index contributed by atoms with van der Waals surface area (Å²) in [4.78, 5) is 12.9. The van der Waals surface area contributed by atoms with Gasteiger partial charge in [-0.1, -0.05) is 57.2 Å². The van der Waals surface area contributed by atoms with E-state index < -0.39 is 12.0 Å². The van der Waals surface area contributed by atoms with Gasteiger partial charge in [-0.25, -0.2) is 0 Å². The zero-order valence-electron chi connectivity index (χ0n) is 17.4. The van der Waals surface area contributed by atoms with Gasteiger partial charge in [0.1, 0.15) is 11.5 Å². The van der Waals surface area contributed by atoms with Crippen LogP contribution in [-0.2, 0) is 10.2 Å². The van der Waals surface area contributed by atoms with Crippen molar-refractivity contribution in [3.63, 3.8) is 0 Å². The highest BCUT2D eigenvalue weighted by Gasteiger charge is 2.23. The number of ether oxygens (including phenoxy) is 2. The van der Waals surface area contributed by atoms with E-state index in [0.29, 0.717) is 22.7 Å². The number of carbonyl (C=O) groups is 1. The van der Waals surface area contributed by atoms with E-state index >= 15 is 0 Å². The van der Waals surface area contributed by atoms with Gasteiger partial charge in [0.05, 0.1) is 19.9 Å². The Morgan fingerprint density at radius 1 is 0.931 bits per heavy atom. The number of nitrogens with one attached hydrogen (secondary N) is 1. The van der Waals surface area contributed by atoms with Crippen LogP contribution in [0.2, 0.25) is 0 Å². The standard InChI is InChI=1S/C24H27NO4/c1-24(2,3)15-10-12-21(29-5)19(14-15)25-23(27)22(26)18-11-13-20(28-4)17-9-7-6-8-16(17)18/h6-14,22,26H,1-5H3,(H,25,27). The minimum Gasteiger partial charge on any atom is -0.496 e. The SMILES string of the molecule is COc1ccc(C(C)(C)C)cc1NC(=O)C(O)c1ccc(OC)c2ccccc12. The summed E-state index contributed by atoms with van der Waals surface area (Å²) in [6.07, 6.45) is -1.34. The largest absolute Gasteiger partial charge is 0.496 e. The fraction of sp³-hybridized carbons (Fsp3) is 0.292. The summed E-state index contributed by atoms with van der Waals surface area (Å²) in [6.45, 7) is 6.29. The predicted octanol–water partition coefficient (Wildman–Crippen LogP) is 4.83. The minimum absolute atomic E-state index is 0.0868. The van der Waals surface area contributed by atoms with Crippen LogP contribution in [0.5, 0.6) is 11.5 Å². The quantitative estimate of drug-likeness (QED) is 0.652. The second kappa shape index (κ2) is 8.13. The van der Waals surface area contributed by atoms with Crippen molar-refractivity contribution >= 4 is 22.4 Å². The number of anilines is 1. The molecule has 0 aliphatic heterocycles. The van der Waals surface area contributed by atoms with Crippen LogP contribution in [0.1, 0.15) is 38.0 Å². The number of fused-ring (bicyclic) bond motifs is 1. The molecule has 1 atom stereocenters. The molecule has 0 aliphatic rings. The molecule has 152 valence electrons. The van der Waals surface area contributed by atoms with Crippen LogP contribution in [0, 0.1) is 0 Å². The van der Waals surface area contributed by atoms with E-state index in [1.807, 2.05) is 42.5 Å². The number of hydrogen-bond acceptors (Lipinski definition) is 4. The highest BCUT2D eigenvalue weighted by molar-refractivity contribution is 6.00. The Kier molecular flexibility index (Phi) is 5.80. The molecule has 3 aromatic carbocycles. The van der Waals surface area contributed by atoms with Crippen LogP contribution in [0.25, 0.3) is 10.8 Å². The van der Waals surface area contributed by atoms with Crippen molar-refractivity contribution in [2.75, 3.05) is 19.5 Å². The number of carbonyl (C=O) groups excluding carboxylic acids is 1. The summed E-state index contributed by atoms with van der Waals surface area (Å²) in [7, 11) is 3.15. The van der Waals surface area contributed by atoms with Crippen molar-refractivity contribution in [3.8, 4) is 11.5 Å². The van der Waals surface area contributed by atoms with Gasteiger partial charge in [0.2, 0.25) is 0 Å². The molecular weight excluding hydrogens is 366 g/mol. The molecule has 5 nitrogen and oxygen atoms in total. The zero-order chi connectivity index (χ0) is 21.2. The van der Waals surface area contributed by atoms with Crippen molar-refractivity contribution in [1.29, 1.82) is 0 Å².